The van der Waals surface area contributed by atoms with E-state index in [1.54, 1.807) is 11.0 Å². The molecule has 0 aliphatic carbocycles. The van der Waals surface area contributed by atoms with E-state index in [4.69, 9.17) is 4.74 Å². The Morgan fingerprint density at radius 3 is 2.76 bits per heavy atom. The lowest BCUT2D eigenvalue weighted by Crippen LogP contribution is -2.45. The van der Waals surface area contributed by atoms with Crippen molar-refractivity contribution in [3.05, 3.63) is 35.4 Å². The number of hydrogen-bond acceptors (Lipinski definition) is 3. The van der Waals surface area contributed by atoms with Crippen LogP contribution in [-0.4, -0.2) is 43.7 Å². The van der Waals surface area contributed by atoms with Gasteiger partial charge in [0.1, 0.15) is 6.61 Å². The van der Waals surface area contributed by atoms with E-state index >= 15 is 0 Å². The van der Waals surface area contributed by atoms with Crippen LogP contribution < -0.4 is 5.32 Å². The molecule has 0 unspecified atom stereocenters. The molecule has 1 aliphatic heterocycles. The number of hydrogen-bond donors (Lipinski definition) is 1. The van der Waals surface area contributed by atoms with Crippen molar-refractivity contribution in [1.82, 2.24) is 10.2 Å². The number of likely N-dealkylation sites (tertiary alicyclic amines) is 1. The predicted molar refractivity (Wildman–Crippen MR) is 74.7 cm³/mol. The van der Waals surface area contributed by atoms with Crippen molar-refractivity contribution >= 4 is 5.91 Å². The van der Waals surface area contributed by atoms with Gasteiger partial charge in [0.05, 0.1) is 0 Å². The molecule has 0 radical (unpaired) electrons. The number of carbonyl (C=O) groups excluding carboxylic acids is 1. The van der Waals surface area contributed by atoms with Crippen LogP contribution in [0, 0.1) is 11.6 Å². The molecule has 1 amide bonds. The molecule has 1 fully saturated rings. The lowest BCUT2D eigenvalue weighted by atomic mass is 10.0. The van der Waals surface area contributed by atoms with Gasteiger partial charge in [0.25, 0.3) is 0 Å². The van der Waals surface area contributed by atoms with E-state index in [1.807, 2.05) is 0 Å². The van der Waals surface area contributed by atoms with Crippen LogP contribution in [0.4, 0.5) is 8.78 Å². The molecule has 0 spiro atoms. The topological polar surface area (TPSA) is 41.6 Å². The van der Waals surface area contributed by atoms with Crippen molar-refractivity contribution in [2.24, 2.45) is 0 Å². The van der Waals surface area contributed by atoms with E-state index in [0.717, 1.165) is 18.9 Å². The molecule has 1 heterocycles. The van der Waals surface area contributed by atoms with Gasteiger partial charge in [-0.1, -0.05) is 12.1 Å². The van der Waals surface area contributed by atoms with Crippen molar-refractivity contribution < 1.29 is 18.3 Å². The molecule has 1 aromatic rings. The Balaban J connectivity index is 1.79. The van der Waals surface area contributed by atoms with Crippen LogP contribution in [0.25, 0.3) is 0 Å². The second-order valence-electron chi connectivity index (χ2n) is 5.18. The quantitative estimate of drug-likeness (QED) is 0.899. The van der Waals surface area contributed by atoms with Gasteiger partial charge < -0.3 is 15.0 Å². The number of piperidine rings is 1. The molecule has 0 bridgehead atoms. The Morgan fingerprint density at radius 2 is 2.10 bits per heavy atom. The number of nitrogens with zero attached hydrogens (tertiary/aromatic N) is 1. The van der Waals surface area contributed by atoms with Crippen molar-refractivity contribution in [3.8, 4) is 0 Å². The van der Waals surface area contributed by atoms with Crippen LogP contribution >= 0.6 is 0 Å². The highest BCUT2D eigenvalue weighted by molar-refractivity contribution is 5.77. The maximum Gasteiger partial charge on any atom is 0.248 e. The Kier molecular flexibility index (Phi) is 5.64. The second kappa shape index (κ2) is 7.47. The number of methoxy groups -OCH3 is 1. The number of benzene rings is 1. The van der Waals surface area contributed by atoms with Crippen molar-refractivity contribution in [2.45, 2.75) is 25.4 Å². The lowest BCUT2D eigenvalue weighted by Gasteiger charge is -2.32. The lowest BCUT2D eigenvalue weighted by molar-refractivity contribution is -0.136. The van der Waals surface area contributed by atoms with Crippen LogP contribution in [-0.2, 0) is 16.1 Å². The van der Waals surface area contributed by atoms with Gasteiger partial charge in [0.2, 0.25) is 5.91 Å². The molecule has 0 saturated carbocycles. The summed E-state index contributed by atoms with van der Waals surface area (Å²) in [4.78, 5) is 13.4. The molecule has 0 aromatic heterocycles. The average Bonchev–Trinajstić information content (AvgIpc) is 2.49. The highest BCUT2D eigenvalue weighted by Crippen LogP contribution is 2.14. The summed E-state index contributed by atoms with van der Waals surface area (Å²) < 4.78 is 31.5. The summed E-state index contributed by atoms with van der Waals surface area (Å²) in [6, 6.07) is 4.39. The minimum atomic E-state index is -0.825. The van der Waals surface area contributed by atoms with E-state index in [2.05, 4.69) is 5.32 Å². The summed E-state index contributed by atoms with van der Waals surface area (Å²) in [6.45, 7) is 1.71. The summed E-state index contributed by atoms with van der Waals surface area (Å²) in [6.07, 6.45) is 1.60. The molecule has 0 atom stereocenters. The molecule has 1 N–H and O–H groups in total. The molecule has 2 rings (SSSR count). The van der Waals surface area contributed by atoms with Gasteiger partial charge in [-0.15, -0.1) is 0 Å². The Bertz CT molecular complexity index is 489. The third kappa shape index (κ3) is 4.22. The third-order valence-corrected chi connectivity index (χ3v) is 3.73. The second-order valence-corrected chi connectivity index (χ2v) is 5.18. The maximum absolute atomic E-state index is 13.5. The number of halogens is 2. The van der Waals surface area contributed by atoms with Crippen LogP contribution in [0.3, 0.4) is 0 Å². The van der Waals surface area contributed by atoms with Crippen LogP contribution in [0.1, 0.15) is 18.4 Å². The van der Waals surface area contributed by atoms with Gasteiger partial charge in [0, 0.05) is 38.3 Å². The first-order chi connectivity index (χ1) is 10.1. The number of ether oxygens (including phenoxy) is 1. The molecule has 21 heavy (non-hydrogen) atoms. The largest absolute Gasteiger partial charge is 0.375 e. The molecule has 116 valence electrons. The summed E-state index contributed by atoms with van der Waals surface area (Å²) in [5, 5.41) is 3.22. The van der Waals surface area contributed by atoms with E-state index < -0.39 is 11.6 Å². The molecule has 6 heteroatoms. The van der Waals surface area contributed by atoms with Crippen molar-refractivity contribution in [2.75, 3.05) is 26.8 Å². The minimum absolute atomic E-state index is 0.00729. The Hall–Kier alpha value is -1.53. The molecular formula is C15H20F2N2O2. The zero-order chi connectivity index (χ0) is 15.2. The van der Waals surface area contributed by atoms with E-state index in [1.165, 1.54) is 13.2 Å². The molecule has 4 nitrogen and oxygen atoms in total. The minimum Gasteiger partial charge on any atom is -0.375 e. The monoisotopic (exact) mass is 298 g/mol. The fourth-order valence-electron chi connectivity index (χ4n) is 2.49. The van der Waals surface area contributed by atoms with Gasteiger partial charge in [-0.2, -0.15) is 0 Å². The number of amides is 1. The fourth-order valence-corrected chi connectivity index (χ4v) is 2.49. The first-order valence-corrected chi connectivity index (χ1v) is 7.04. The zero-order valence-corrected chi connectivity index (χ0v) is 12.1. The highest BCUT2D eigenvalue weighted by atomic mass is 19.2. The van der Waals surface area contributed by atoms with Gasteiger partial charge in [-0.25, -0.2) is 8.78 Å². The SMILES string of the molecule is COCC(=O)N1CCC(NCc2cccc(F)c2F)CC1. The molecule has 1 aromatic carbocycles. The zero-order valence-electron chi connectivity index (χ0n) is 12.1. The van der Waals surface area contributed by atoms with E-state index in [0.29, 0.717) is 25.2 Å². The molecule has 1 aliphatic rings. The standard InChI is InChI=1S/C15H20F2N2O2/c1-21-10-14(20)19-7-5-12(6-8-19)18-9-11-3-2-4-13(16)15(11)17/h2-4,12,18H,5-10H2,1H3. The normalized spacial score (nSPS) is 16.2. The first-order valence-electron chi connectivity index (χ1n) is 7.04. The number of nitrogens with one attached hydrogen (secondary N) is 1. The van der Waals surface area contributed by atoms with Crippen molar-refractivity contribution in [1.29, 1.82) is 0 Å². The van der Waals surface area contributed by atoms with E-state index in [9.17, 15) is 13.6 Å². The van der Waals surface area contributed by atoms with Gasteiger partial charge in [-0.3, -0.25) is 4.79 Å². The summed E-state index contributed by atoms with van der Waals surface area (Å²) in [5.74, 6) is -1.63. The summed E-state index contributed by atoms with van der Waals surface area (Å²) in [5.41, 5.74) is 0.327. The molecule has 1 saturated heterocycles. The smallest absolute Gasteiger partial charge is 0.248 e. The van der Waals surface area contributed by atoms with E-state index in [-0.39, 0.29) is 18.6 Å². The van der Waals surface area contributed by atoms with Crippen LogP contribution in [0.15, 0.2) is 18.2 Å². The summed E-state index contributed by atoms with van der Waals surface area (Å²) >= 11 is 0. The van der Waals surface area contributed by atoms with Crippen molar-refractivity contribution in [3.63, 3.8) is 0 Å². The number of rotatable bonds is 5. The predicted octanol–water partition coefficient (Wildman–Crippen LogP) is 1.69. The van der Waals surface area contributed by atoms with Gasteiger partial charge >= 0.3 is 0 Å². The Morgan fingerprint density at radius 1 is 1.38 bits per heavy atom. The fraction of sp³-hybridized carbons (Fsp3) is 0.533. The van der Waals surface area contributed by atoms with Crippen LogP contribution in [0.2, 0.25) is 0 Å². The first kappa shape index (κ1) is 15.9. The average molecular weight is 298 g/mol. The van der Waals surface area contributed by atoms with Gasteiger partial charge in [-0.05, 0) is 18.9 Å². The highest BCUT2D eigenvalue weighted by Gasteiger charge is 2.22. The van der Waals surface area contributed by atoms with Gasteiger partial charge in [0.15, 0.2) is 11.6 Å². The number of carbonyl (C=O) groups is 1. The summed E-state index contributed by atoms with van der Waals surface area (Å²) in [7, 11) is 1.50. The molecular weight excluding hydrogens is 278 g/mol. The maximum atomic E-state index is 13.5. The van der Waals surface area contributed by atoms with Crippen LogP contribution in [0.5, 0.6) is 0 Å². The Labute approximate surface area is 123 Å². The third-order valence-electron chi connectivity index (χ3n) is 3.73.